The van der Waals surface area contributed by atoms with E-state index < -0.39 is 0 Å². The van der Waals surface area contributed by atoms with Gasteiger partial charge in [0.2, 0.25) is 0 Å². The van der Waals surface area contributed by atoms with Gasteiger partial charge < -0.3 is 15.5 Å². The van der Waals surface area contributed by atoms with E-state index >= 15 is 0 Å². The van der Waals surface area contributed by atoms with E-state index in [0.29, 0.717) is 12.5 Å². The maximum atomic E-state index is 13.1. The van der Waals surface area contributed by atoms with Crippen molar-refractivity contribution in [3.63, 3.8) is 0 Å². The van der Waals surface area contributed by atoms with E-state index in [1.54, 1.807) is 6.20 Å². The molecule has 0 bridgehead atoms. The maximum Gasteiger partial charge on any atom is 0.191 e. The van der Waals surface area contributed by atoms with Crippen LogP contribution in [-0.4, -0.2) is 46.8 Å². The summed E-state index contributed by atoms with van der Waals surface area (Å²) < 4.78 is 15.0. The summed E-state index contributed by atoms with van der Waals surface area (Å²) in [5.41, 5.74) is 9.59. The highest BCUT2D eigenvalue weighted by molar-refractivity contribution is 14.0. The van der Waals surface area contributed by atoms with Crippen LogP contribution >= 0.6 is 24.0 Å². The Bertz CT molecular complexity index is 950. The number of nitrogens with two attached hydrogens (primary N) is 1. The molecule has 6 nitrogen and oxygen atoms in total. The van der Waals surface area contributed by atoms with Crippen LogP contribution in [0.1, 0.15) is 11.1 Å². The van der Waals surface area contributed by atoms with E-state index in [0.717, 1.165) is 44.0 Å². The van der Waals surface area contributed by atoms with Crippen molar-refractivity contribution in [3.05, 3.63) is 83.9 Å². The summed E-state index contributed by atoms with van der Waals surface area (Å²) in [6, 6.07) is 16.9. The van der Waals surface area contributed by atoms with Gasteiger partial charge in [0.05, 0.1) is 13.1 Å². The topological polar surface area (TPSA) is 62.7 Å². The minimum Gasteiger partial charge on any atom is -0.370 e. The number of hydrogen-bond donors (Lipinski definition) is 1. The lowest BCUT2D eigenvalue weighted by Gasteiger charge is -2.36. The van der Waals surface area contributed by atoms with E-state index in [1.807, 2.05) is 35.1 Å². The molecule has 0 atom stereocenters. The highest BCUT2D eigenvalue weighted by Crippen LogP contribution is 2.17. The number of halogens is 2. The first-order chi connectivity index (χ1) is 14.2. The van der Waals surface area contributed by atoms with Gasteiger partial charge in [0.15, 0.2) is 5.96 Å². The molecule has 0 amide bonds. The molecule has 0 aliphatic carbocycles. The van der Waals surface area contributed by atoms with Crippen LogP contribution in [-0.2, 0) is 13.1 Å². The number of nitrogens with zero attached hydrogens (tertiary/aromatic N) is 5. The molecule has 2 heterocycles. The van der Waals surface area contributed by atoms with Gasteiger partial charge in [0.25, 0.3) is 0 Å². The number of aromatic nitrogens is 2. The first-order valence-electron chi connectivity index (χ1n) is 9.78. The number of piperazine rings is 1. The maximum absolute atomic E-state index is 13.1. The summed E-state index contributed by atoms with van der Waals surface area (Å²) in [7, 11) is 0. The van der Waals surface area contributed by atoms with E-state index in [9.17, 15) is 4.39 Å². The minimum absolute atomic E-state index is 0. The first kappa shape index (κ1) is 22.1. The smallest absolute Gasteiger partial charge is 0.191 e. The minimum atomic E-state index is -0.211. The zero-order chi connectivity index (χ0) is 20.1. The van der Waals surface area contributed by atoms with E-state index in [4.69, 9.17) is 5.73 Å². The van der Waals surface area contributed by atoms with Gasteiger partial charge in [-0.25, -0.2) is 9.38 Å². The Morgan fingerprint density at radius 2 is 1.73 bits per heavy atom. The molecule has 4 rings (SSSR count). The predicted molar refractivity (Wildman–Crippen MR) is 129 cm³/mol. The zero-order valence-corrected chi connectivity index (χ0v) is 19.0. The van der Waals surface area contributed by atoms with Crippen molar-refractivity contribution in [3.8, 4) is 0 Å². The molecule has 0 radical (unpaired) electrons. The molecule has 0 saturated carbocycles. The van der Waals surface area contributed by atoms with Crippen LogP contribution < -0.4 is 10.6 Å². The number of rotatable bonds is 5. The van der Waals surface area contributed by atoms with Crippen LogP contribution in [0.25, 0.3) is 0 Å². The summed E-state index contributed by atoms with van der Waals surface area (Å²) in [6.45, 7) is 4.56. The Kier molecular flexibility index (Phi) is 7.67. The van der Waals surface area contributed by atoms with E-state index in [2.05, 4.69) is 38.1 Å². The molecule has 1 aliphatic rings. The van der Waals surface area contributed by atoms with Gasteiger partial charge in [0, 0.05) is 44.3 Å². The molecule has 158 valence electrons. The summed E-state index contributed by atoms with van der Waals surface area (Å²) in [6.07, 6.45) is 3.74. The van der Waals surface area contributed by atoms with Crippen LogP contribution in [0, 0.1) is 5.82 Å². The van der Waals surface area contributed by atoms with Gasteiger partial charge >= 0.3 is 0 Å². The van der Waals surface area contributed by atoms with Crippen LogP contribution in [0.2, 0.25) is 0 Å². The molecular weight excluding hydrogens is 494 g/mol. The van der Waals surface area contributed by atoms with Gasteiger partial charge in [0.1, 0.15) is 5.82 Å². The highest BCUT2D eigenvalue weighted by atomic mass is 127. The fourth-order valence-electron chi connectivity index (χ4n) is 3.53. The highest BCUT2D eigenvalue weighted by Gasteiger charge is 2.18. The molecule has 0 spiro atoms. The molecular formula is C22H26FIN6. The lowest BCUT2D eigenvalue weighted by atomic mass is 10.1. The zero-order valence-electron chi connectivity index (χ0n) is 16.7. The molecule has 3 aromatic rings. The number of aliphatic imine (C=N–C) groups is 1. The van der Waals surface area contributed by atoms with E-state index in [1.165, 1.54) is 17.7 Å². The standard InChI is InChI=1S/C22H25FN6.HI/c23-20-5-7-21(8-6-20)27-11-13-28(14-12-27)22(24)25-16-18-3-1-4-19(15-18)17-29-10-2-9-26-29;/h1-10,15H,11-14,16-17H2,(H2,24,25);1H. The molecule has 30 heavy (non-hydrogen) atoms. The van der Waals surface area contributed by atoms with Crippen LogP contribution in [0.5, 0.6) is 0 Å². The second-order valence-corrected chi connectivity index (χ2v) is 7.15. The summed E-state index contributed by atoms with van der Waals surface area (Å²) in [5, 5.41) is 4.25. The Labute approximate surface area is 193 Å². The molecule has 1 fully saturated rings. The summed E-state index contributed by atoms with van der Waals surface area (Å²) in [4.78, 5) is 8.94. The largest absolute Gasteiger partial charge is 0.370 e. The van der Waals surface area contributed by atoms with Crippen molar-refractivity contribution in [2.24, 2.45) is 10.7 Å². The van der Waals surface area contributed by atoms with Gasteiger partial charge in [-0.3, -0.25) is 4.68 Å². The third-order valence-electron chi connectivity index (χ3n) is 5.11. The van der Waals surface area contributed by atoms with Gasteiger partial charge in [-0.15, -0.1) is 24.0 Å². The normalized spacial score (nSPS) is 14.5. The Balaban J connectivity index is 0.00000256. The lowest BCUT2D eigenvalue weighted by molar-refractivity contribution is 0.380. The van der Waals surface area contributed by atoms with Crippen molar-refractivity contribution in [2.75, 3.05) is 31.1 Å². The Hall–Kier alpha value is -2.62. The number of hydrogen-bond acceptors (Lipinski definition) is 3. The molecule has 1 aromatic heterocycles. The van der Waals surface area contributed by atoms with Crippen molar-refractivity contribution < 1.29 is 4.39 Å². The number of anilines is 1. The second-order valence-electron chi connectivity index (χ2n) is 7.15. The Morgan fingerprint density at radius 3 is 2.43 bits per heavy atom. The predicted octanol–water partition coefficient (Wildman–Crippen LogP) is 3.33. The molecule has 1 saturated heterocycles. The molecule has 0 unspecified atom stereocenters. The average Bonchev–Trinajstić information content (AvgIpc) is 3.26. The van der Waals surface area contributed by atoms with Crippen molar-refractivity contribution in [1.82, 2.24) is 14.7 Å². The fourth-order valence-corrected chi connectivity index (χ4v) is 3.53. The lowest BCUT2D eigenvalue weighted by Crippen LogP contribution is -2.51. The van der Waals surface area contributed by atoms with Gasteiger partial charge in [-0.1, -0.05) is 24.3 Å². The molecule has 8 heteroatoms. The molecule has 2 N–H and O–H groups in total. The van der Waals surface area contributed by atoms with Crippen molar-refractivity contribution in [1.29, 1.82) is 0 Å². The summed E-state index contributed by atoms with van der Waals surface area (Å²) >= 11 is 0. The van der Waals surface area contributed by atoms with Crippen LogP contribution in [0.4, 0.5) is 10.1 Å². The van der Waals surface area contributed by atoms with Gasteiger partial charge in [-0.2, -0.15) is 5.10 Å². The van der Waals surface area contributed by atoms with Crippen molar-refractivity contribution >= 4 is 35.6 Å². The molecule has 1 aliphatic heterocycles. The van der Waals surface area contributed by atoms with Crippen LogP contribution in [0.15, 0.2) is 72.0 Å². The molecule has 2 aromatic carbocycles. The first-order valence-corrected chi connectivity index (χ1v) is 9.78. The van der Waals surface area contributed by atoms with Gasteiger partial charge in [-0.05, 0) is 41.5 Å². The second kappa shape index (κ2) is 10.4. The Morgan fingerprint density at radius 1 is 1.00 bits per heavy atom. The number of guanidine groups is 1. The number of benzene rings is 2. The third kappa shape index (κ3) is 5.71. The fraction of sp³-hybridized carbons (Fsp3) is 0.273. The quantitative estimate of drug-likeness (QED) is 0.319. The third-order valence-corrected chi connectivity index (χ3v) is 5.11. The van der Waals surface area contributed by atoms with E-state index in [-0.39, 0.29) is 29.8 Å². The monoisotopic (exact) mass is 520 g/mol. The average molecular weight is 520 g/mol. The van der Waals surface area contributed by atoms with Crippen molar-refractivity contribution in [2.45, 2.75) is 13.1 Å². The SMILES string of the molecule is I.NC(=NCc1cccc(Cn2cccn2)c1)N1CCN(c2ccc(F)cc2)CC1. The summed E-state index contributed by atoms with van der Waals surface area (Å²) in [5.74, 6) is 0.360. The van der Waals surface area contributed by atoms with Crippen LogP contribution in [0.3, 0.4) is 0 Å².